The van der Waals surface area contributed by atoms with Crippen LogP contribution in [0.3, 0.4) is 0 Å². The van der Waals surface area contributed by atoms with Crippen molar-refractivity contribution in [3.63, 3.8) is 0 Å². The molecule has 2 rings (SSSR count). The molecular weight excluding hydrogens is 291 g/mol. The maximum Gasteiger partial charge on any atom is 0.422 e. The van der Waals surface area contributed by atoms with Gasteiger partial charge in [-0.1, -0.05) is 0 Å². The second-order valence-electron chi connectivity index (χ2n) is 4.19. The van der Waals surface area contributed by atoms with Crippen molar-refractivity contribution in [3.8, 4) is 5.75 Å². The Bertz CT molecular complexity index is 493. The van der Waals surface area contributed by atoms with Crippen molar-refractivity contribution < 1.29 is 17.9 Å². The molecule has 1 unspecified atom stereocenters. The first-order chi connectivity index (χ1) is 9.46. The summed E-state index contributed by atoms with van der Waals surface area (Å²) in [5.41, 5.74) is 1.32. The number of thioether (sulfide) groups is 1. The topological polar surface area (TPSA) is 46.5 Å². The molecule has 110 valence electrons. The summed E-state index contributed by atoms with van der Waals surface area (Å²) < 4.78 is 41.3. The van der Waals surface area contributed by atoms with E-state index in [0.717, 1.165) is 6.54 Å². The lowest BCUT2D eigenvalue weighted by Gasteiger charge is -2.14. The first kappa shape index (κ1) is 15.1. The van der Waals surface area contributed by atoms with E-state index in [1.807, 2.05) is 0 Å². The fraction of sp³-hybridized carbons (Fsp3) is 0.500. The van der Waals surface area contributed by atoms with Gasteiger partial charge in [0, 0.05) is 30.3 Å². The predicted molar refractivity (Wildman–Crippen MR) is 72.1 cm³/mol. The zero-order chi connectivity index (χ0) is 14.6. The minimum absolute atomic E-state index is 0.0176. The van der Waals surface area contributed by atoms with Crippen molar-refractivity contribution in [2.75, 3.05) is 13.2 Å². The highest BCUT2D eigenvalue weighted by atomic mass is 32.2. The number of nitrogens with zero attached hydrogens (tertiary/aromatic N) is 2. The predicted octanol–water partition coefficient (Wildman–Crippen LogP) is 2.52. The Kier molecular flexibility index (Phi) is 4.87. The molecule has 0 aliphatic carbocycles. The second-order valence-corrected chi connectivity index (χ2v) is 5.26. The zero-order valence-electron chi connectivity index (χ0n) is 10.8. The molecule has 1 N–H and O–H groups in total. The molecular formula is C12H14F3N3OS. The van der Waals surface area contributed by atoms with Gasteiger partial charge in [-0.2, -0.15) is 13.2 Å². The molecule has 0 spiro atoms. The van der Waals surface area contributed by atoms with E-state index in [1.54, 1.807) is 13.1 Å². The molecule has 8 heteroatoms. The molecule has 0 saturated carbocycles. The summed E-state index contributed by atoms with van der Waals surface area (Å²) in [6.45, 7) is 1.15. The van der Waals surface area contributed by atoms with Crippen LogP contribution in [-0.2, 0) is 5.75 Å². The third-order valence-electron chi connectivity index (χ3n) is 2.65. The minimum Gasteiger partial charge on any atom is -0.484 e. The highest BCUT2D eigenvalue weighted by Crippen LogP contribution is 2.26. The molecule has 1 aromatic heterocycles. The molecule has 0 bridgehead atoms. The van der Waals surface area contributed by atoms with Gasteiger partial charge in [0.05, 0.1) is 5.69 Å². The molecule has 1 atom stereocenters. The fourth-order valence-electron chi connectivity index (χ4n) is 1.63. The summed E-state index contributed by atoms with van der Waals surface area (Å²) in [4.78, 5) is 8.37. The molecule has 2 heterocycles. The van der Waals surface area contributed by atoms with Crippen molar-refractivity contribution in [2.45, 2.75) is 24.4 Å². The average Bonchev–Trinajstić information content (AvgIpc) is 2.88. The number of nitrogens with one attached hydrogen (secondary N) is 1. The Labute approximate surface area is 118 Å². The van der Waals surface area contributed by atoms with Crippen LogP contribution in [0.25, 0.3) is 0 Å². The van der Waals surface area contributed by atoms with Crippen LogP contribution in [0, 0.1) is 6.92 Å². The highest BCUT2D eigenvalue weighted by Gasteiger charge is 2.28. The molecule has 1 aliphatic heterocycles. The van der Waals surface area contributed by atoms with Crippen LogP contribution in [0.15, 0.2) is 17.3 Å². The van der Waals surface area contributed by atoms with Gasteiger partial charge in [-0.05, 0) is 13.0 Å². The fourth-order valence-corrected chi connectivity index (χ4v) is 2.63. The molecule has 0 radical (unpaired) electrons. The van der Waals surface area contributed by atoms with E-state index < -0.39 is 12.8 Å². The Hall–Kier alpha value is -1.28. The first-order valence-corrected chi connectivity index (χ1v) is 7.01. The lowest BCUT2D eigenvalue weighted by Crippen LogP contribution is -2.20. The monoisotopic (exact) mass is 305 g/mol. The van der Waals surface area contributed by atoms with Crippen LogP contribution in [0.4, 0.5) is 13.2 Å². The van der Waals surface area contributed by atoms with E-state index >= 15 is 0 Å². The highest BCUT2D eigenvalue weighted by molar-refractivity contribution is 7.99. The summed E-state index contributed by atoms with van der Waals surface area (Å²) in [6.07, 6.45) is -1.09. The number of hydrogen-bond donors (Lipinski definition) is 1. The van der Waals surface area contributed by atoms with Crippen molar-refractivity contribution in [1.29, 1.82) is 0 Å². The van der Waals surface area contributed by atoms with Crippen LogP contribution >= 0.6 is 11.8 Å². The SMILES string of the molecule is Cc1c(OCC(F)(F)F)ccnc1CSC1N=CCN1. The second kappa shape index (κ2) is 6.45. The van der Waals surface area contributed by atoms with Crippen molar-refractivity contribution in [2.24, 2.45) is 4.99 Å². The van der Waals surface area contributed by atoms with Crippen LogP contribution in [0.2, 0.25) is 0 Å². The molecule has 1 aromatic rings. The van der Waals surface area contributed by atoms with Crippen LogP contribution in [0.5, 0.6) is 5.75 Å². The van der Waals surface area contributed by atoms with Gasteiger partial charge in [0.25, 0.3) is 0 Å². The number of hydrogen-bond acceptors (Lipinski definition) is 5. The zero-order valence-corrected chi connectivity index (χ0v) is 11.6. The Morgan fingerprint density at radius 3 is 2.95 bits per heavy atom. The number of aromatic nitrogens is 1. The number of halogens is 3. The van der Waals surface area contributed by atoms with Gasteiger partial charge >= 0.3 is 6.18 Å². The van der Waals surface area contributed by atoms with Gasteiger partial charge < -0.3 is 4.74 Å². The molecule has 0 aromatic carbocycles. The first-order valence-electron chi connectivity index (χ1n) is 5.96. The van der Waals surface area contributed by atoms with Gasteiger partial charge in [-0.3, -0.25) is 15.3 Å². The van der Waals surface area contributed by atoms with Gasteiger partial charge in [0.15, 0.2) is 6.61 Å². The lowest BCUT2D eigenvalue weighted by molar-refractivity contribution is -0.153. The Morgan fingerprint density at radius 2 is 2.30 bits per heavy atom. The normalized spacial score (nSPS) is 18.5. The molecule has 0 fully saturated rings. The molecule has 4 nitrogen and oxygen atoms in total. The number of pyridine rings is 1. The Balaban J connectivity index is 1.97. The average molecular weight is 305 g/mol. The number of alkyl halides is 3. The third-order valence-corrected chi connectivity index (χ3v) is 3.70. The molecule has 1 aliphatic rings. The maximum atomic E-state index is 12.2. The molecule has 20 heavy (non-hydrogen) atoms. The molecule has 0 saturated heterocycles. The standard InChI is InChI=1S/C12H14F3N3OS/c1-8-9(6-20-11-17-4-5-18-11)16-3-2-10(8)19-7-12(13,14)15/h2-4,11,18H,5-7H2,1H3. The summed E-state index contributed by atoms with van der Waals surface area (Å²) in [5, 5.41) is 3.14. The van der Waals surface area contributed by atoms with Crippen molar-refractivity contribution in [3.05, 3.63) is 23.5 Å². The smallest absolute Gasteiger partial charge is 0.422 e. The summed E-state index contributed by atoms with van der Waals surface area (Å²) >= 11 is 1.53. The van der Waals surface area contributed by atoms with Crippen LogP contribution in [0.1, 0.15) is 11.3 Å². The quantitative estimate of drug-likeness (QED) is 0.908. The van der Waals surface area contributed by atoms with Crippen LogP contribution in [-0.4, -0.2) is 36.0 Å². The van der Waals surface area contributed by atoms with Gasteiger partial charge in [0.2, 0.25) is 0 Å². The van der Waals surface area contributed by atoms with E-state index in [4.69, 9.17) is 4.74 Å². The van der Waals surface area contributed by atoms with E-state index in [0.29, 0.717) is 17.0 Å². The van der Waals surface area contributed by atoms with Crippen molar-refractivity contribution in [1.82, 2.24) is 10.3 Å². The summed E-state index contributed by atoms with van der Waals surface area (Å²) in [5.74, 6) is 0.778. The Morgan fingerprint density at radius 1 is 1.50 bits per heavy atom. The van der Waals surface area contributed by atoms with Crippen molar-refractivity contribution >= 4 is 18.0 Å². The number of aliphatic imine (C=N–C) groups is 1. The largest absolute Gasteiger partial charge is 0.484 e. The number of rotatable bonds is 5. The van der Waals surface area contributed by atoms with E-state index in [2.05, 4.69) is 15.3 Å². The van der Waals surface area contributed by atoms with E-state index in [9.17, 15) is 13.2 Å². The lowest BCUT2D eigenvalue weighted by atomic mass is 10.2. The van der Waals surface area contributed by atoms with E-state index in [-0.39, 0.29) is 11.2 Å². The molecule has 0 amide bonds. The van der Waals surface area contributed by atoms with Gasteiger partial charge in [0.1, 0.15) is 11.2 Å². The third kappa shape index (κ3) is 4.38. The summed E-state index contributed by atoms with van der Waals surface area (Å²) in [7, 11) is 0. The maximum absolute atomic E-state index is 12.2. The van der Waals surface area contributed by atoms with Gasteiger partial charge in [-0.25, -0.2) is 0 Å². The van der Waals surface area contributed by atoms with E-state index in [1.165, 1.54) is 24.0 Å². The van der Waals surface area contributed by atoms with Gasteiger partial charge in [-0.15, -0.1) is 11.8 Å². The summed E-state index contributed by atoms with van der Waals surface area (Å²) in [6, 6.07) is 1.45. The van der Waals surface area contributed by atoms with Crippen LogP contribution < -0.4 is 10.1 Å². The number of ether oxygens (including phenoxy) is 1. The minimum atomic E-state index is -4.34.